The molecular formula is C14H15N3O6. The molecule has 1 aromatic carbocycles. The van der Waals surface area contributed by atoms with E-state index in [2.05, 4.69) is 5.32 Å². The Kier molecular flexibility index (Phi) is 4.70. The van der Waals surface area contributed by atoms with Gasteiger partial charge in [-0.1, -0.05) is 6.07 Å². The van der Waals surface area contributed by atoms with Gasteiger partial charge in [-0.3, -0.25) is 29.4 Å². The number of nitrogens with zero attached hydrogens (tertiary/aromatic N) is 2. The third-order valence-corrected chi connectivity index (χ3v) is 3.30. The molecule has 0 saturated carbocycles. The fourth-order valence-electron chi connectivity index (χ4n) is 2.37. The standard InChI is InChI=1S/C14H15N3O6/c1-8(7-23-2)15-11(18)6-16-13(19)9-4-3-5-10(17(21)22)12(9)14(16)20/h3-5,8H,6-7H2,1-2H3,(H,15,18)/t8-/m0/s1. The van der Waals surface area contributed by atoms with Crippen LogP contribution in [-0.2, 0) is 9.53 Å². The summed E-state index contributed by atoms with van der Waals surface area (Å²) in [5.74, 6) is -2.11. The number of benzene rings is 1. The molecule has 1 N–H and O–H groups in total. The van der Waals surface area contributed by atoms with E-state index in [1.54, 1.807) is 6.92 Å². The summed E-state index contributed by atoms with van der Waals surface area (Å²) >= 11 is 0. The molecule has 9 heteroatoms. The maximum atomic E-state index is 12.3. The first-order valence-electron chi connectivity index (χ1n) is 6.78. The number of imide groups is 1. The van der Waals surface area contributed by atoms with Gasteiger partial charge in [-0.2, -0.15) is 0 Å². The second-order valence-corrected chi connectivity index (χ2v) is 5.08. The Morgan fingerprint density at radius 2 is 2.09 bits per heavy atom. The first-order valence-corrected chi connectivity index (χ1v) is 6.78. The van der Waals surface area contributed by atoms with Crippen molar-refractivity contribution in [3.8, 4) is 0 Å². The Morgan fingerprint density at radius 1 is 1.39 bits per heavy atom. The maximum absolute atomic E-state index is 12.3. The van der Waals surface area contributed by atoms with Crippen LogP contribution < -0.4 is 5.32 Å². The largest absolute Gasteiger partial charge is 0.383 e. The summed E-state index contributed by atoms with van der Waals surface area (Å²) in [6.07, 6.45) is 0. The summed E-state index contributed by atoms with van der Waals surface area (Å²) in [4.78, 5) is 47.3. The molecule has 0 aliphatic carbocycles. The van der Waals surface area contributed by atoms with Crippen LogP contribution in [-0.4, -0.2) is 53.8 Å². The van der Waals surface area contributed by atoms with E-state index >= 15 is 0 Å². The maximum Gasteiger partial charge on any atom is 0.282 e. The highest BCUT2D eigenvalue weighted by atomic mass is 16.6. The fraction of sp³-hybridized carbons (Fsp3) is 0.357. The molecule has 0 spiro atoms. The first-order chi connectivity index (χ1) is 10.9. The van der Waals surface area contributed by atoms with Crippen molar-refractivity contribution in [2.24, 2.45) is 0 Å². The number of nitro groups is 1. The molecule has 0 radical (unpaired) electrons. The minimum Gasteiger partial charge on any atom is -0.383 e. The number of methoxy groups -OCH3 is 1. The molecule has 1 heterocycles. The minimum atomic E-state index is -0.841. The van der Waals surface area contributed by atoms with E-state index in [-0.39, 0.29) is 23.8 Å². The molecule has 0 unspecified atom stereocenters. The van der Waals surface area contributed by atoms with Crippen molar-refractivity contribution < 1.29 is 24.0 Å². The predicted octanol–water partition coefficient (Wildman–Crippen LogP) is 0.342. The van der Waals surface area contributed by atoms with Crippen molar-refractivity contribution in [3.05, 3.63) is 39.4 Å². The van der Waals surface area contributed by atoms with Crippen molar-refractivity contribution in [1.29, 1.82) is 0 Å². The predicted molar refractivity (Wildman–Crippen MR) is 77.9 cm³/mol. The van der Waals surface area contributed by atoms with Crippen molar-refractivity contribution in [2.75, 3.05) is 20.3 Å². The molecule has 1 aliphatic heterocycles. The molecule has 0 bridgehead atoms. The smallest absolute Gasteiger partial charge is 0.282 e. The third-order valence-electron chi connectivity index (χ3n) is 3.30. The van der Waals surface area contributed by atoms with Crippen LogP contribution in [0.2, 0.25) is 0 Å². The lowest BCUT2D eigenvalue weighted by molar-refractivity contribution is -0.385. The van der Waals surface area contributed by atoms with Gasteiger partial charge in [0, 0.05) is 19.2 Å². The number of nitrogens with one attached hydrogen (secondary N) is 1. The van der Waals surface area contributed by atoms with E-state index in [9.17, 15) is 24.5 Å². The van der Waals surface area contributed by atoms with Crippen LogP contribution >= 0.6 is 0 Å². The summed E-state index contributed by atoms with van der Waals surface area (Å²) < 4.78 is 4.87. The minimum absolute atomic E-state index is 0.0676. The number of hydrogen-bond donors (Lipinski definition) is 1. The fourth-order valence-corrected chi connectivity index (χ4v) is 2.37. The van der Waals surface area contributed by atoms with Crippen molar-refractivity contribution in [1.82, 2.24) is 10.2 Å². The molecule has 23 heavy (non-hydrogen) atoms. The normalized spacial score (nSPS) is 14.6. The Balaban J connectivity index is 2.19. The van der Waals surface area contributed by atoms with Gasteiger partial charge in [0.15, 0.2) is 0 Å². The van der Waals surface area contributed by atoms with Crippen LogP contribution in [0.1, 0.15) is 27.6 Å². The van der Waals surface area contributed by atoms with Gasteiger partial charge in [0.25, 0.3) is 17.5 Å². The molecule has 1 aromatic rings. The van der Waals surface area contributed by atoms with Crippen LogP contribution in [0, 0.1) is 10.1 Å². The number of amides is 3. The quantitative estimate of drug-likeness (QED) is 0.458. The molecular weight excluding hydrogens is 306 g/mol. The molecule has 0 saturated heterocycles. The number of hydrogen-bond acceptors (Lipinski definition) is 6. The number of nitro benzene ring substituents is 1. The Hall–Kier alpha value is -2.81. The van der Waals surface area contributed by atoms with E-state index in [1.165, 1.54) is 19.2 Å². The summed E-state index contributed by atoms with van der Waals surface area (Å²) in [6, 6.07) is 3.51. The van der Waals surface area contributed by atoms with E-state index in [0.29, 0.717) is 4.90 Å². The highest BCUT2D eigenvalue weighted by Gasteiger charge is 2.41. The Labute approximate surface area is 131 Å². The lowest BCUT2D eigenvalue weighted by Crippen LogP contribution is -2.44. The van der Waals surface area contributed by atoms with E-state index in [1.807, 2.05) is 0 Å². The SMILES string of the molecule is COC[C@H](C)NC(=O)CN1C(=O)c2cccc([N+](=O)[O-])c2C1=O. The molecule has 1 atom stereocenters. The van der Waals surface area contributed by atoms with Crippen LogP contribution in [0.25, 0.3) is 0 Å². The van der Waals surface area contributed by atoms with Crippen molar-refractivity contribution in [2.45, 2.75) is 13.0 Å². The summed E-state index contributed by atoms with van der Waals surface area (Å²) in [5, 5.41) is 13.6. The molecule has 122 valence electrons. The van der Waals surface area contributed by atoms with Crippen LogP contribution in [0.15, 0.2) is 18.2 Å². The molecule has 0 aromatic heterocycles. The molecule has 1 aliphatic rings. The molecule has 2 rings (SSSR count). The highest BCUT2D eigenvalue weighted by Crippen LogP contribution is 2.30. The zero-order valence-corrected chi connectivity index (χ0v) is 12.6. The average Bonchev–Trinajstić information content (AvgIpc) is 2.72. The highest BCUT2D eigenvalue weighted by molar-refractivity contribution is 6.24. The van der Waals surface area contributed by atoms with Gasteiger partial charge in [-0.15, -0.1) is 0 Å². The zero-order chi connectivity index (χ0) is 17.1. The summed E-state index contributed by atoms with van der Waals surface area (Å²) in [5.41, 5.74) is -0.793. The lowest BCUT2D eigenvalue weighted by Gasteiger charge is -2.16. The van der Waals surface area contributed by atoms with Gasteiger partial charge >= 0.3 is 0 Å². The van der Waals surface area contributed by atoms with Gasteiger partial charge in [-0.25, -0.2) is 0 Å². The number of carbonyl (C=O) groups is 3. The molecule has 3 amide bonds. The topological polar surface area (TPSA) is 119 Å². The number of rotatable bonds is 6. The van der Waals surface area contributed by atoms with Gasteiger partial charge in [0.1, 0.15) is 12.1 Å². The molecule has 9 nitrogen and oxygen atoms in total. The first kappa shape index (κ1) is 16.6. The van der Waals surface area contributed by atoms with E-state index in [0.717, 1.165) is 6.07 Å². The monoisotopic (exact) mass is 321 g/mol. The number of carbonyl (C=O) groups excluding carboxylic acids is 3. The van der Waals surface area contributed by atoms with Crippen LogP contribution in [0.3, 0.4) is 0 Å². The van der Waals surface area contributed by atoms with Crippen LogP contribution in [0.4, 0.5) is 5.69 Å². The number of ether oxygens (including phenoxy) is 1. The van der Waals surface area contributed by atoms with E-state index in [4.69, 9.17) is 4.74 Å². The Bertz CT molecular complexity index is 687. The number of fused-ring (bicyclic) bond motifs is 1. The third kappa shape index (κ3) is 3.19. The second kappa shape index (κ2) is 6.53. The van der Waals surface area contributed by atoms with E-state index < -0.39 is 34.9 Å². The summed E-state index contributed by atoms with van der Waals surface area (Å²) in [6.45, 7) is 1.48. The summed E-state index contributed by atoms with van der Waals surface area (Å²) in [7, 11) is 1.48. The zero-order valence-electron chi connectivity index (χ0n) is 12.6. The van der Waals surface area contributed by atoms with Gasteiger partial charge in [-0.05, 0) is 13.0 Å². The average molecular weight is 321 g/mol. The van der Waals surface area contributed by atoms with Gasteiger partial charge < -0.3 is 10.1 Å². The van der Waals surface area contributed by atoms with Gasteiger partial charge in [0.2, 0.25) is 5.91 Å². The van der Waals surface area contributed by atoms with Gasteiger partial charge in [0.05, 0.1) is 17.1 Å². The van der Waals surface area contributed by atoms with Crippen LogP contribution in [0.5, 0.6) is 0 Å². The lowest BCUT2D eigenvalue weighted by atomic mass is 10.1. The Morgan fingerprint density at radius 3 is 2.70 bits per heavy atom. The molecule has 0 fully saturated rings. The second-order valence-electron chi connectivity index (χ2n) is 5.08. The van der Waals surface area contributed by atoms with Crippen molar-refractivity contribution >= 4 is 23.4 Å². The van der Waals surface area contributed by atoms with Crippen molar-refractivity contribution in [3.63, 3.8) is 0 Å².